The second-order valence-electron chi connectivity index (χ2n) is 6.98. The van der Waals surface area contributed by atoms with Crippen LogP contribution in [0.25, 0.3) is 5.76 Å². The van der Waals surface area contributed by atoms with Gasteiger partial charge < -0.3 is 14.6 Å². The number of aliphatic hydroxyl groups is 1. The monoisotopic (exact) mass is 415 g/mol. The standard InChI is InChI=1S/C25H21NO5/c1-30-18-12-8-11-17(15-18)26-22(19-13-6-7-14-20(19)31-2)21(24(28)25(26)29)23(27)16-9-4-3-5-10-16/h3-15,22,27H,1-2H3/t22-/m1/s1. The highest BCUT2D eigenvalue weighted by Gasteiger charge is 2.48. The van der Waals surface area contributed by atoms with Crippen molar-refractivity contribution in [3.05, 3.63) is 95.6 Å². The summed E-state index contributed by atoms with van der Waals surface area (Å²) >= 11 is 0. The average molecular weight is 415 g/mol. The quantitative estimate of drug-likeness (QED) is 0.381. The Hall–Kier alpha value is -4.06. The number of ketones is 1. The minimum Gasteiger partial charge on any atom is -0.507 e. The molecule has 1 amide bonds. The van der Waals surface area contributed by atoms with Gasteiger partial charge in [-0.2, -0.15) is 0 Å². The van der Waals surface area contributed by atoms with E-state index in [1.165, 1.54) is 19.1 Å². The molecule has 1 saturated heterocycles. The third kappa shape index (κ3) is 3.53. The summed E-state index contributed by atoms with van der Waals surface area (Å²) in [5.41, 5.74) is 1.52. The van der Waals surface area contributed by atoms with Crippen LogP contribution in [-0.2, 0) is 9.59 Å². The van der Waals surface area contributed by atoms with Gasteiger partial charge in [0.05, 0.1) is 25.8 Å². The van der Waals surface area contributed by atoms with Crippen LogP contribution in [0, 0.1) is 0 Å². The summed E-state index contributed by atoms with van der Waals surface area (Å²) in [6.45, 7) is 0. The van der Waals surface area contributed by atoms with E-state index in [0.29, 0.717) is 28.3 Å². The normalized spacial score (nSPS) is 17.6. The van der Waals surface area contributed by atoms with Gasteiger partial charge in [-0.3, -0.25) is 14.5 Å². The summed E-state index contributed by atoms with van der Waals surface area (Å²) in [5, 5.41) is 11.1. The zero-order chi connectivity index (χ0) is 22.0. The first-order valence-electron chi connectivity index (χ1n) is 9.70. The molecule has 1 atom stereocenters. The van der Waals surface area contributed by atoms with E-state index >= 15 is 0 Å². The number of ether oxygens (including phenoxy) is 2. The lowest BCUT2D eigenvalue weighted by molar-refractivity contribution is -0.132. The molecule has 31 heavy (non-hydrogen) atoms. The van der Waals surface area contributed by atoms with Gasteiger partial charge in [0.15, 0.2) is 0 Å². The van der Waals surface area contributed by atoms with Crippen molar-refractivity contribution in [2.45, 2.75) is 6.04 Å². The number of carbonyl (C=O) groups excluding carboxylic acids is 2. The largest absolute Gasteiger partial charge is 0.507 e. The van der Waals surface area contributed by atoms with E-state index in [1.807, 2.05) is 6.07 Å². The Labute approximate surface area is 180 Å². The maximum Gasteiger partial charge on any atom is 0.300 e. The van der Waals surface area contributed by atoms with E-state index in [-0.39, 0.29) is 11.3 Å². The molecular formula is C25H21NO5. The molecular weight excluding hydrogens is 394 g/mol. The Bertz CT molecular complexity index is 1170. The molecule has 6 heteroatoms. The molecule has 1 aliphatic rings. The fourth-order valence-electron chi connectivity index (χ4n) is 3.80. The second kappa shape index (κ2) is 8.36. The van der Waals surface area contributed by atoms with Gasteiger partial charge >= 0.3 is 0 Å². The van der Waals surface area contributed by atoms with Crippen molar-refractivity contribution in [1.29, 1.82) is 0 Å². The van der Waals surface area contributed by atoms with E-state index < -0.39 is 17.7 Å². The molecule has 0 aliphatic carbocycles. The summed E-state index contributed by atoms with van der Waals surface area (Å²) in [6, 6.07) is 21.8. The van der Waals surface area contributed by atoms with Gasteiger partial charge in [0.1, 0.15) is 17.3 Å². The lowest BCUT2D eigenvalue weighted by Crippen LogP contribution is -2.29. The summed E-state index contributed by atoms with van der Waals surface area (Å²) in [4.78, 5) is 27.7. The Morgan fingerprint density at radius 1 is 0.871 bits per heavy atom. The van der Waals surface area contributed by atoms with Crippen molar-refractivity contribution in [3.8, 4) is 11.5 Å². The maximum atomic E-state index is 13.2. The Balaban J connectivity index is 1.99. The zero-order valence-corrected chi connectivity index (χ0v) is 17.1. The molecule has 3 aromatic carbocycles. The summed E-state index contributed by atoms with van der Waals surface area (Å²) in [5.74, 6) is -0.690. The lowest BCUT2D eigenvalue weighted by Gasteiger charge is -2.26. The number of anilines is 1. The number of amides is 1. The molecule has 156 valence electrons. The van der Waals surface area contributed by atoms with Gasteiger partial charge in [0.25, 0.3) is 11.7 Å². The van der Waals surface area contributed by atoms with Crippen LogP contribution in [0.4, 0.5) is 5.69 Å². The number of rotatable bonds is 5. The minimum atomic E-state index is -0.872. The number of aliphatic hydroxyl groups excluding tert-OH is 1. The van der Waals surface area contributed by atoms with Crippen LogP contribution >= 0.6 is 0 Å². The topological polar surface area (TPSA) is 76.1 Å². The van der Waals surface area contributed by atoms with Crippen molar-refractivity contribution < 1.29 is 24.2 Å². The van der Waals surface area contributed by atoms with Gasteiger partial charge in [-0.05, 0) is 18.2 Å². The molecule has 1 fully saturated rings. The summed E-state index contributed by atoms with van der Waals surface area (Å²) in [7, 11) is 3.05. The summed E-state index contributed by atoms with van der Waals surface area (Å²) < 4.78 is 10.8. The molecule has 0 saturated carbocycles. The SMILES string of the molecule is COc1cccc(N2C(=O)C(=O)C(=C(O)c3ccccc3)[C@H]2c2ccccc2OC)c1. The molecule has 4 rings (SSSR count). The van der Waals surface area contributed by atoms with Crippen molar-refractivity contribution >= 4 is 23.1 Å². The smallest absolute Gasteiger partial charge is 0.300 e. The molecule has 0 aromatic heterocycles. The number of carbonyl (C=O) groups is 2. The van der Waals surface area contributed by atoms with Gasteiger partial charge in [-0.1, -0.05) is 54.6 Å². The Kier molecular flexibility index (Phi) is 5.45. The number of Topliss-reactive ketones (excluding diaryl/α,β-unsaturated/α-hetero) is 1. The van der Waals surface area contributed by atoms with Crippen LogP contribution in [0.2, 0.25) is 0 Å². The second-order valence-corrected chi connectivity index (χ2v) is 6.98. The average Bonchev–Trinajstić information content (AvgIpc) is 3.09. The fraction of sp³-hybridized carbons (Fsp3) is 0.120. The highest BCUT2D eigenvalue weighted by Crippen LogP contribution is 2.45. The fourth-order valence-corrected chi connectivity index (χ4v) is 3.80. The number of benzene rings is 3. The first-order chi connectivity index (χ1) is 15.1. The first-order valence-corrected chi connectivity index (χ1v) is 9.70. The molecule has 0 unspecified atom stereocenters. The van der Waals surface area contributed by atoms with Crippen LogP contribution in [0.5, 0.6) is 11.5 Å². The highest BCUT2D eigenvalue weighted by molar-refractivity contribution is 6.51. The van der Waals surface area contributed by atoms with Gasteiger partial charge in [-0.15, -0.1) is 0 Å². The lowest BCUT2D eigenvalue weighted by atomic mass is 9.94. The van der Waals surface area contributed by atoms with Crippen LogP contribution < -0.4 is 14.4 Å². The number of nitrogens with zero attached hydrogens (tertiary/aromatic N) is 1. The van der Waals surface area contributed by atoms with Crippen molar-refractivity contribution in [2.75, 3.05) is 19.1 Å². The third-order valence-corrected chi connectivity index (χ3v) is 5.26. The van der Waals surface area contributed by atoms with Gasteiger partial charge in [-0.25, -0.2) is 0 Å². The number of methoxy groups -OCH3 is 2. The number of hydrogen-bond acceptors (Lipinski definition) is 5. The Morgan fingerprint density at radius 3 is 2.29 bits per heavy atom. The van der Waals surface area contributed by atoms with Crippen LogP contribution in [0.15, 0.2) is 84.4 Å². The van der Waals surface area contributed by atoms with Crippen molar-refractivity contribution in [1.82, 2.24) is 0 Å². The van der Waals surface area contributed by atoms with E-state index in [0.717, 1.165) is 0 Å². The molecule has 1 N–H and O–H groups in total. The predicted molar refractivity (Wildman–Crippen MR) is 117 cm³/mol. The first kappa shape index (κ1) is 20.2. The van der Waals surface area contributed by atoms with Gasteiger partial charge in [0, 0.05) is 22.9 Å². The molecule has 6 nitrogen and oxygen atoms in total. The summed E-state index contributed by atoms with van der Waals surface area (Å²) in [6.07, 6.45) is 0. The van der Waals surface area contributed by atoms with Crippen molar-refractivity contribution in [3.63, 3.8) is 0 Å². The van der Waals surface area contributed by atoms with E-state index in [2.05, 4.69) is 0 Å². The molecule has 0 spiro atoms. The molecule has 3 aromatic rings. The van der Waals surface area contributed by atoms with Crippen LogP contribution in [0.1, 0.15) is 17.2 Å². The van der Waals surface area contributed by atoms with Crippen LogP contribution in [-0.4, -0.2) is 31.0 Å². The minimum absolute atomic E-state index is 0.00326. The molecule has 0 bridgehead atoms. The third-order valence-electron chi connectivity index (χ3n) is 5.26. The number of hydrogen-bond donors (Lipinski definition) is 1. The number of para-hydroxylation sites is 1. The van der Waals surface area contributed by atoms with Crippen LogP contribution in [0.3, 0.4) is 0 Å². The maximum absolute atomic E-state index is 13.2. The van der Waals surface area contributed by atoms with Crippen molar-refractivity contribution in [2.24, 2.45) is 0 Å². The van der Waals surface area contributed by atoms with E-state index in [1.54, 1.807) is 72.8 Å². The zero-order valence-electron chi connectivity index (χ0n) is 17.1. The molecule has 0 radical (unpaired) electrons. The Morgan fingerprint density at radius 2 is 1.58 bits per heavy atom. The van der Waals surface area contributed by atoms with E-state index in [9.17, 15) is 14.7 Å². The van der Waals surface area contributed by atoms with Gasteiger partial charge in [0.2, 0.25) is 0 Å². The molecule has 1 aliphatic heterocycles. The predicted octanol–water partition coefficient (Wildman–Crippen LogP) is 4.33. The van der Waals surface area contributed by atoms with E-state index in [4.69, 9.17) is 9.47 Å². The highest BCUT2D eigenvalue weighted by atomic mass is 16.5. The molecule has 1 heterocycles.